The maximum atomic E-state index is 13.2. The van der Waals surface area contributed by atoms with E-state index in [-0.39, 0.29) is 11.9 Å². The maximum Gasteiger partial charge on any atom is 0.130 e. The van der Waals surface area contributed by atoms with Crippen molar-refractivity contribution in [2.24, 2.45) is 5.73 Å². The van der Waals surface area contributed by atoms with Crippen molar-refractivity contribution in [1.82, 2.24) is 0 Å². The third kappa shape index (κ3) is 3.55. The highest BCUT2D eigenvalue weighted by Gasteiger charge is 2.07. The minimum Gasteiger partial charge on any atom is -0.457 e. The number of hydrogen-bond donors (Lipinski definition) is 1. The minimum atomic E-state index is -0.226. The van der Waals surface area contributed by atoms with Crippen LogP contribution in [0.1, 0.15) is 18.1 Å². The standard InChI is InChI=1S/C16H18FNO/c1-11-9-14(7-8-15(11)17)19-16-6-4-3-5-13(16)10-12(2)18/h3-9,12H,10,18H2,1-2H3. The molecule has 1 atom stereocenters. The molecular formula is C16H18FNO. The number of hydrogen-bond acceptors (Lipinski definition) is 2. The highest BCUT2D eigenvalue weighted by Crippen LogP contribution is 2.27. The van der Waals surface area contributed by atoms with Gasteiger partial charge in [0.05, 0.1) is 0 Å². The van der Waals surface area contributed by atoms with Gasteiger partial charge >= 0.3 is 0 Å². The van der Waals surface area contributed by atoms with Crippen LogP contribution >= 0.6 is 0 Å². The first kappa shape index (κ1) is 13.6. The third-order valence-corrected chi connectivity index (χ3v) is 2.87. The third-order valence-electron chi connectivity index (χ3n) is 2.87. The van der Waals surface area contributed by atoms with Gasteiger partial charge < -0.3 is 10.5 Å². The number of rotatable bonds is 4. The van der Waals surface area contributed by atoms with Crippen molar-refractivity contribution >= 4 is 0 Å². The van der Waals surface area contributed by atoms with Crippen LogP contribution in [0.2, 0.25) is 0 Å². The Labute approximate surface area is 113 Å². The van der Waals surface area contributed by atoms with Gasteiger partial charge in [-0.1, -0.05) is 18.2 Å². The van der Waals surface area contributed by atoms with E-state index in [1.165, 1.54) is 6.07 Å². The largest absolute Gasteiger partial charge is 0.457 e. The van der Waals surface area contributed by atoms with E-state index in [4.69, 9.17) is 10.5 Å². The molecule has 2 aromatic carbocycles. The van der Waals surface area contributed by atoms with E-state index in [2.05, 4.69) is 0 Å². The molecule has 0 saturated heterocycles. The normalized spacial score (nSPS) is 12.2. The number of aryl methyl sites for hydroxylation is 1. The second kappa shape index (κ2) is 5.85. The van der Waals surface area contributed by atoms with Crippen molar-refractivity contribution < 1.29 is 9.13 Å². The summed E-state index contributed by atoms with van der Waals surface area (Å²) >= 11 is 0. The molecule has 100 valence electrons. The van der Waals surface area contributed by atoms with Crippen LogP contribution in [0.15, 0.2) is 42.5 Å². The van der Waals surface area contributed by atoms with Gasteiger partial charge in [-0.15, -0.1) is 0 Å². The first-order chi connectivity index (χ1) is 9.06. The summed E-state index contributed by atoms with van der Waals surface area (Å²) < 4.78 is 19.0. The molecule has 2 N–H and O–H groups in total. The smallest absolute Gasteiger partial charge is 0.130 e. The number of nitrogens with two attached hydrogens (primary N) is 1. The predicted octanol–water partition coefficient (Wildman–Crippen LogP) is 3.82. The molecule has 2 nitrogen and oxygen atoms in total. The molecule has 1 unspecified atom stereocenters. The van der Waals surface area contributed by atoms with Crippen molar-refractivity contribution in [3.05, 3.63) is 59.4 Å². The number of benzene rings is 2. The average molecular weight is 259 g/mol. The fourth-order valence-corrected chi connectivity index (χ4v) is 1.93. The van der Waals surface area contributed by atoms with Crippen LogP contribution in [0, 0.1) is 12.7 Å². The Kier molecular flexibility index (Phi) is 4.17. The molecule has 2 rings (SSSR count). The van der Waals surface area contributed by atoms with Gasteiger partial charge in [0, 0.05) is 6.04 Å². The summed E-state index contributed by atoms with van der Waals surface area (Å²) in [5, 5.41) is 0. The molecule has 0 aliphatic rings. The molecule has 0 bridgehead atoms. The molecule has 3 heteroatoms. The summed E-state index contributed by atoms with van der Waals surface area (Å²) in [7, 11) is 0. The zero-order valence-corrected chi connectivity index (χ0v) is 11.2. The lowest BCUT2D eigenvalue weighted by atomic mass is 10.1. The zero-order chi connectivity index (χ0) is 13.8. The van der Waals surface area contributed by atoms with Gasteiger partial charge in [0.2, 0.25) is 0 Å². The van der Waals surface area contributed by atoms with Crippen LogP contribution < -0.4 is 10.5 Å². The summed E-state index contributed by atoms with van der Waals surface area (Å²) in [6.07, 6.45) is 0.746. The van der Waals surface area contributed by atoms with E-state index in [1.54, 1.807) is 19.1 Å². The van der Waals surface area contributed by atoms with Crippen molar-refractivity contribution in [3.63, 3.8) is 0 Å². The lowest BCUT2D eigenvalue weighted by molar-refractivity contribution is 0.471. The van der Waals surface area contributed by atoms with E-state index in [0.717, 1.165) is 17.7 Å². The molecule has 0 aliphatic carbocycles. The van der Waals surface area contributed by atoms with Crippen LogP contribution in [0.3, 0.4) is 0 Å². The maximum absolute atomic E-state index is 13.2. The van der Waals surface area contributed by atoms with Crippen LogP contribution in [0.25, 0.3) is 0 Å². The van der Waals surface area contributed by atoms with Gasteiger partial charge in [0.1, 0.15) is 17.3 Å². The van der Waals surface area contributed by atoms with E-state index >= 15 is 0 Å². The molecule has 0 amide bonds. The second-order valence-electron chi connectivity index (χ2n) is 4.80. The fourth-order valence-electron chi connectivity index (χ4n) is 1.93. The topological polar surface area (TPSA) is 35.2 Å². The second-order valence-corrected chi connectivity index (χ2v) is 4.80. The van der Waals surface area contributed by atoms with Crippen LogP contribution in [0.5, 0.6) is 11.5 Å². The summed E-state index contributed by atoms with van der Waals surface area (Å²) in [4.78, 5) is 0. The van der Waals surface area contributed by atoms with Crippen molar-refractivity contribution in [3.8, 4) is 11.5 Å². The molecule has 0 radical (unpaired) electrons. The quantitative estimate of drug-likeness (QED) is 0.906. The van der Waals surface area contributed by atoms with Crippen LogP contribution in [0.4, 0.5) is 4.39 Å². The highest BCUT2D eigenvalue weighted by atomic mass is 19.1. The molecule has 19 heavy (non-hydrogen) atoms. The lowest BCUT2D eigenvalue weighted by Crippen LogP contribution is -2.18. The van der Waals surface area contributed by atoms with Gasteiger partial charge in [-0.3, -0.25) is 0 Å². The Morgan fingerprint density at radius 2 is 1.95 bits per heavy atom. The molecule has 0 saturated carbocycles. The summed E-state index contributed by atoms with van der Waals surface area (Å²) in [5.41, 5.74) is 7.45. The van der Waals surface area contributed by atoms with Crippen molar-refractivity contribution in [2.75, 3.05) is 0 Å². The predicted molar refractivity (Wildman–Crippen MR) is 75.0 cm³/mol. The fraction of sp³-hybridized carbons (Fsp3) is 0.250. The summed E-state index contributed by atoms with van der Waals surface area (Å²) in [5.74, 6) is 1.18. The van der Waals surface area contributed by atoms with Gasteiger partial charge in [0.15, 0.2) is 0 Å². The highest BCUT2D eigenvalue weighted by molar-refractivity contribution is 5.39. The van der Waals surface area contributed by atoms with Crippen molar-refractivity contribution in [1.29, 1.82) is 0 Å². The summed E-state index contributed by atoms with van der Waals surface area (Å²) in [6, 6.07) is 12.6. The Balaban J connectivity index is 2.25. The SMILES string of the molecule is Cc1cc(Oc2ccccc2CC(C)N)ccc1F. The number of ether oxygens (including phenoxy) is 1. The van der Waals surface area contributed by atoms with E-state index in [1.807, 2.05) is 31.2 Å². The van der Waals surface area contributed by atoms with Gasteiger partial charge in [0.25, 0.3) is 0 Å². The Bertz CT molecular complexity index is 566. The molecule has 0 spiro atoms. The number of para-hydroxylation sites is 1. The molecule has 0 aliphatic heterocycles. The van der Waals surface area contributed by atoms with Crippen LogP contribution in [-0.4, -0.2) is 6.04 Å². The monoisotopic (exact) mass is 259 g/mol. The molecule has 0 aromatic heterocycles. The zero-order valence-electron chi connectivity index (χ0n) is 11.2. The Morgan fingerprint density at radius 3 is 2.63 bits per heavy atom. The Hall–Kier alpha value is -1.87. The lowest BCUT2D eigenvalue weighted by Gasteiger charge is -2.13. The van der Waals surface area contributed by atoms with Gasteiger partial charge in [-0.2, -0.15) is 0 Å². The van der Waals surface area contributed by atoms with Crippen LogP contribution in [-0.2, 0) is 6.42 Å². The molecule has 0 heterocycles. The number of halogens is 1. The van der Waals surface area contributed by atoms with E-state index in [9.17, 15) is 4.39 Å². The Morgan fingerprint density at radius 1 is 1.21 bits per heavy atom. The van der Waals surface area contributed by atoms with E-state index in [0.29, 0.717) is 11.3 Å². The molecule has 2 aromatic rings. The first-order valence-electron chi connectivity index (χ1n) is 6.34. The average Bonchev–Trinajstić information content (AvgIpc) is 2.36. The van der Waals surface area contributed by atoms with Crippen molar-refractivity contribution in [2.45, 2.75) is 26.3 Å². The van der Waals surface area contributed by atoms with Gasteiger partial charge in [-0.05, 0) is 55.7 Å². The minimum absolute atomic E-state index is 0.0692. The molecular weight excluding hydrogens is 241 g/mol. The first-order valence-corrected chi connectivity index (χ1v) is 6.34. The summed E-state index contributed by atoms with van der Waals surface area (Å²) in [6.45, 7) is 3.68. The van der Waals surface area contributed by atoms with Gasteiger partial charge in [-0.25, -0.2) is 4.39 Å². The van der Waals surface area contributed by atoms with E-state index < -0.39 is 0 Å². The molecule has 0 fully saturated rings.